The predicted octanol–water partition coefficient (Wildman–Crippen LogP) is 2.79. The number of rotatable bonds is 6. The van der Waals surface area contributed by atoms with Crippen molar-refractivity contribution in [2.75, 3.05) is 12.3 Å². The SMILES string of the molecule is Nc1ccccc1CNCC(C1CC1)C1CC1. The number of nitrogens with one attached hydrogen (secondary N) is 1. The second-order valence-corrected chi connectivity index (χ2v) is 5.67. The molecule has 1 aromatic rings. The molecule has 92 valence electrons. The summed E-state index contributed by atoms with van der Waals surface area (Å²) < 4.78 is 0. The fourth-order valence-electron chi connectivity index (χ4n) is 2.84. The van der Waals surface area contributed by atoms with Crippen LogP contribution in [0, 0.1) is 17.8 Å². The lowest BCUT2D eigenvalue weighted by Crippen LogP contribution is -2.25. The van der Waals surface area contributed by atoms with Crippen molar-refractivity contribution in [1.82, 2.24) is 5.32 Å². The second-order valence-electron chi connectivity index (χ2n) is 5.67. The van der Waals surface area contributed by atoms with Crippen LogP contribution in [0.25, 0.3) is 0 Å². The molecule has 2 heteroatoms. The van der Waals surface area contributed by atoms with Gasteiger partial charge >= 0.3 is 0 Å². The summed E-state index contributed by atoms with van der Waals surface area (Å²) in [5, 5.41) is 3.61. The Morgan fingerprint density at radius 2 is 1.76 bits per heavy atom. The third kappa shape index (κ3) is 2.81. The Bertz CT molecular complexity index is 368. The molecule has 17 heavy (non-hydrogen) atoms. The van der Waals surface area contributed by atoms with Gasteiger partial charge in [0, 0.05) is 12.2 Å². The van der Waals surface area contributed by atoms with Gasteiger partial charge in [-0.25, -0.2) is 0 Å². The van der Waals surface area contributed by atoms with Crippen molar-refractivity contribution in [3.63, 3.8) is 0 Å². The van der Waals surface area contributed by atoms with Crippen molar-refractivity contribution in [3.05, 3.63) is 29.8 Å². The van der Waals surface area contributed by atoms with E-state index in [1.807, 2.05) is 12.1 Å². The van der Waals surface area contributed by atoms with Gasteiger partial charge in [-0.05, 0) is 61.6 Å². The quantitative estimate of drug-likeness (QED) is 0.737. The van der Waals surface area contributed by atoms with Crippen LogP contribution in [0.1, 0.15) is 31.2 Å². The fourth-order valence-corrected chi connectivity index (χ4v) is 2.84. The minimum absolute atomic E-state index is 0.911. The summed E-state index contributed by atoms with van der Waals surface area (Å²) in [6.45, 7) is 2.10. The molecule has 1 aromatic carbocycles. The molecule has 0 spiro atoms. The molecule has 2 aliphatic rings. The van der Waals surface area contributed by atoms with E-state index in [2.05, 4.69) is 17.4 Å². The first-order valence-corrected chi connectivity index (χ1v) is 6.88. The average Bonchev–Trinajstić information content (AvgIpc) is 3.18. The van der Waals surface area contributed by atoms with Crippen LogP contribution in [0.3, 0.4) is 0 Å². The molecule has 3 N–H and O–H groups in total. The van der Waals surface area contributed by atoms with E-state index in [4.69, 9.17) is 5.73 Å². The zero-order valence-electron chi connectivity index (χ0n) is 10.4. The molecular weight excluding hydrogens is 208 g/mol. The van der Waals surface area contributed by atoms with E-state index in [1.54, 1.807) is 0 Å². The van der Waals surface area contributed by atoms with Gasteiger partial charge < -0.3 is 11.1 Å². The normalized spacial score (nSPS) is 19.8. The third-order valence-electron chi connectivity index (χ3n) is 4.21. The number of nitrogens with two attached hydrogens (primary N) is 1. The highest BCUT2D eigenvalue weighted by molar-refractivity contribution is 5.46. The van der Waals surface area contributed by atoms with Gasteiger partial charge in [0.1, 0.15) is 0 Å². The Hall–Kier alpha value is -1.02. The van der Waals surface area contributed by atoms with Crippen LogP contribution >= 0.6 is 0 Å². The van der Waals surface area contributed by atoms with E-state index in [0.29, 0.717) is 0 Å². The number of para-hydroxylation sites is 1. The summed E-state index contributed by atoms with van der Waals surface area (Å²) in [4.78, 5) is 0. The third-order valence-corrected chi connectivity index (χ3v) is 4.21. The predicted molar refractivity (Wildman–Crippen MR) is 71.5 cm³/mol. The molecule has 0 saturated heterocycles. The van der Waals surface area contributed by atoms with E-state index in [-0.39, 0.29) is 0 Å². The van der Waals surface area contributed by atoms with Crippen molar-refractivity contribution < 1.29 is 0 Å². The molecular formula is C15H22N2. The van der Waals surface area contributed by atoms with Gasteiger partial charge in [0.2, 0.25) is 0 Å². The highest BCUT2D eigenvalue weighted by Gasteiger charge is 2.40. The monoisotopic (exact) mass is 230 g/mol. The molecule has 0 aliphatic heterocycles. The van der Waals surface area contributed by atoms with E-state index >= 15 is 0 Å². The molecule has 3 rings (SSSR count). The molecule has 0 unspecified atom stereocenters. The lowest BCUT2D eigenvalue weighted by molar-refractivity contribution is 0.378. The van der Waals surface area contributed by atoms with Crippen LogP contribution in [0.15, 0.2) is 24.3 Å². The van der Waals surface area contributed by atoms with Crippen molar-refractivity contribution in [3.8, 4) is 0 Å². The Morgan fingerprint density at radius 3 is 2.35 bits per heavy atom. The summed E-state index contributed by atoms with van der Waals surface area (Å²) >= 11 is 0. The van der Waals surface area contributed by atoms with E-state index in [9.17, 15) is 0 Å². The van der Waals surface area contributed by atoms with Crippen molar-refractivity contribution in [1.29, 1.82) is 0 Å². The van der Waals surface area contributed by atoms with Crippen LogP contribution in [-0.4, -0.2) is 6.54 Å². The van der Waals surface area contributed by atoms with E-state index in [0.717, 1.165) is 30.0 Å². The molecule has 0 atom stereocenters. The summed E-state index contributed by atoms with van der Waals surface area (Å²) in [6.07, 6.45) is 5.87. The molecule has 0 bridgehead atoms. The summed E-state index contributed by atoms with van der Waals surface area (Å²) in [6, 6.07) is 8.16. The topological polar surface area (TPSA) is 38.0 Å². The van der Waals surface area contributed by atoms with Gasteiger partial charge in [-0.2, -0.15) is 0 Å². The van der Waals surface area contributed by atoms with Crippen molar-refractivity contribution in [2.45, 2.75) is 32.2 Å². The van der Waals surface area contributed by atoms with E-state index < -0.39 is 0 Å². The highest BCUT2D eigenvalue weighted by atomic mass is 14.9. The van der Waals surface area contributed by atoms with Crippen LogP contribution < -0.4 is 11.1 Å². The Morgan fingerprint density at radius 1 is 1.12 bits per heavy atom. The number of anilines is 1. The average molecular weight is 230 g/mol. The number of nitrogen functional groups attached to an aromatic ring is 1. The molecule has 0 heterocycles. The van der Waals surface area contributed by atoms with E-state index in [1.165, 1.54) is 37.8 Å². The van der Waals surface area contributed by atoms with Gasteiger partial charge in [-0.1, -0.05) is 18.2 Å². The standard InChI is InChI=1S/C15H22N2/c16-15-4-2-1-3-13(15)9-17-10-14(11-5-6-11)12-7-8-12/h1-4,11-12,14,17H,5-10,16H2. The van der Waals surface area contributed by atoms with Gasteiger partial charge in [0.05, 0.1) is 0 Å². The zero-order valence-corrected chi connectivity index (χ0v) is 10.4. The Balaban J connectivity index is 1.49. The first-order chi connectivity index (χ1) is 8.34. The summed E-state index contributed by atoms with van der Waals surface area (Å²) in [5.74, 6) is 3.01. The van der Waals surface area contributed by atoms with Gasteiger partial charge in [0.25, 0.3) is 0 Å². The van der Waals surface area contributed by atoms with Crippen LogP contribution in [0.4, 0.5) is 5.69 Å². The van der Waals surface area contributed by atoms with Crippen molar-refractivity contribution in [2.24, 2.45) is 17.8 Å². The smallest absolute Gasteiger partial charge is 0.0359 e. The van der Waals surface area contributed by atoms with Crippen LogP contribution in [0.5, 0.6) is 0 Å². The largest absolute Gasteiger partial charge is 0.398 e. The van der Waals surface area contributed by atoms with Crippen LogP contribution in [-0.2, 0) is 6.54 Å². The lowest BCUT2D eigenvalue weighted by Gasteiger charge is -2.16. The minimum atomic E-state index is 0.911. The fraction of sp³-hybridized carbons (Fsp3) is 0.600. The minimum Gasteiger partial charge on any atom is -0.398 e. The highest BCUT2D eigenvalue weighted by Crippen LogP contribution is 2.48. The maximum Gasteiger partial charge on any atom is 0.0359 e. The lowest BCUT2D eigenvalue weighted by atomic mass is 9.98. The zero-order chi connectivity index (χ0) is 11.7. The Labute approximate surface area is 104 Å². The molecule has 2 fully saturated rings. The van der Waals surface area contributed by atoms with Gasteiger partial charge in [0.15, 0.2) is 0 Å². The van der Waals surface area contributed by atoms with Gasteiger partial charge in [-0.15, -0.1) is 0 Å². The second kappa shape index (κ2) is 4.69. The maximum absolute atomic E-state index is 5.94. The summed E-state index contributed by atoms with van der Waals surface area (Å²) in [5.41, 5.74) is 8.09. The number of benzene rings is 1. The molecule has 0 aromatic heterocycles. The molecule has 0 radical (unpaired) electrons. The van der Waals surface area contributed by atoms with Crippen molar-refractivity contribution >= 4 is 5.69 Å². The summed E-state index contributed by atoms with van der Waals surface area (Å²) in [7, 11) is 0. The number of hydrogen-bond donors (Lipinski definition) is 2. The molecule has 2 aliphatic carbocycles. The molecule has 2 nitrogen and oxygen atoms in total. The first kappa shape index (κ1) is 11.1. The molecule has 2 saturated carbocycles. The maximum atomic E-state index is 5.94. The molecule has 0 amide bonds. The first-order valence-electron chi connectivity index (χ1n) is 6.88. The van der Waals surface area contributed by atoms with Crippen LogP contribution in [0.2, 0.25) is 0 Å². The van der Waals surface area contributed by atoms with Gasteiger partial charge in [-0.3, -0.25) is 0 Å². The Kier molecular flexibility index (Phi) is 3.06. The number of hydrogen-bond acceptors (Lipinski definition) is 2.